The van der Waals surface area contributed by atoms with Gasteiger partial charge >= 0.3 is 0 Å². The Morgan fingerprint density at radius 3 is 2.84 bits per heavy atom. The Balaban J connectivity index is 1.86. The van der Waals surface area contributed by atoms with Crippen molar-refractivity contribution in [2.24, 2.45) is 0 Å². The van der Waals surface area contributed by atoms with E-state index < -0.39 is 0 Å². The molecule has 0 saturated carbocycles. The van der Waals surface area contributed by atoms with E-state index in [0.29, 0.717) is 0 Å². The third-order valence-electron chi connectivity index (χ3n) is 3.04. The molecule has 19 heavy (non-hydrogen) atoms. The van der Waals surface area contributed by atoms with Crippen molar-refractivity contribution < 1.29 is 4.74 Å². The maximum absolute atomic E-state index is 5.75. The van der Waals surface area contributed by atoms with Gasteiger partial charge in [0.05, 0.1) is 12.1 Å². The van der Waals surface area contributed by atoms with Crippen LogP contribution in [-0.2, 0) is 0 Å². The smallest absolute Gasteiger partial charge is 0.222 e. The minimum Gasteiger partial charge on any atom is -0.494 e. The molecule has 3 nitrogen and oxygen atoms in total. The van der Waals surface area contributed by atoms with Gasteiger partial charge in [-0.3, -0.25) is 0 Å². The Hall–Kier alpha value is -1.35. The zero-order chi connectivity index (χ0) is 13.5. The van der Waals surface area contributed by atoms with Crippen molar-refractivity contribution in [3.05, 3.63) is 29.7 Å². The zero-order valence-corrected chi connectivity index (χ0v) is 12.0. The van der Waals surface area contributed by atoms with E-state index in [1.807, 2.05) is 18.2 Å². The molecule has 0 aliphatic heterocycles. The van der Waals surface area contributed by atoms with Gasteiger partial charge in [-0.15, -0.1) is 0 Å². The molecule has 102 valence electrons. The summed E-state index contributed by atoms with van der Waals surface area (Å²) in [6.07, 6.45) is 7.94. The number of benzene rings is 1. The van der Waals surface area contributed by atoms with Crippen LogP contribution in [0.5, 0.6) is 5.75 Å². The fraction of sp³-hybridized carbons (Fsp3) is 0.467. The highest BCUT2D eigenvalue weighted by Gasteiger charge is 2.00. The third kappa shape index (κ3) is 4.35. The van der Waals surface area contributed by atoms with E-state index in [1.54, 1.807) is 6.20 Å². The van der Waals surface area contributed by atoms with Crippen molar-refractivity contribution in [1.82, 2.24) is 9.97 Å². The molecule has 0 unspecified atom stereocenters. The van der Waals surface area contributed by atoms with Gasteiger partial charge in [-0.05, 0) is 36.2 Å². The van der Waals surface area contributed by atoms with Gasteiger partial charge in [0, 0.05) is 11.6 Å². The van der Waals surface area contributed by atoms with Crippen molar-refractivity contribution in [1.29, 1.82) is 0 Å². The maximum atomic E-state index is 5.75. The maximum Gasteiger partial charge on any atom is 0.222 e. The summed E-state index contributed by atoms with van der Waals surface area (Å²) in [6.45, 7) is 2.99. The second kappa shape index (κ2) is 7.29. The number of rotatable bonds is 7. The van der Waals surface area contributed by atoms with Crippen LogP contribution in [0.3, 0.4) is 0 Å². The summed E-state index contributed by atoms with van der Waals surface area (Å²) in [6, 6.07) is 5.80. The molecule has 2 rings (SSSR count). The second-order valence-corrected chi connectivity index (χ2v) is 4.96. The fourth-order valence-corrected chi connectivity index (χ4v) is 2.11. The molecule has 0 aliphatic rings. The Labute approximate surface area is 119 Å². The van der Waals surface area contributed by atoms with Gasteiger partial charge in [0.25, 0.3) is 0 Å². The molecule has 0 radical (unpaired) electrons. The molecule has 0 aliphatic carbocycles. The number of halogens is 1. The first kappa shape index (κ1) is 14.1. The molecule has 0 amide bonds. The van der Waals surface area contributed by atoms with Crippen LogP contribution in [0.15, 0.2) is 24.4 Å². The molecule has 0 atom stereocenters. The van der Waals surface area contributed by atoms with E-state index in [-0.39, 0.29) is 5.28 Å². The van der Waals surface area contributed by atoms with Crippen LogP contribution in [0, 0.1) is 0 Å². The molecular weight excluding hydrogens is 260 g/mol. The monoisotopic (exact) mass is 278 g/mol. The van der Waals surface area contributed by atoms with Crippen molar-refractivity contribution in [2.45, 2.75) is 39.0 Å². The predicted molar refractivity (Wildman–Crippen MR) is 78.8 cm³/mol. The molecule has 1 aromatic heterocycles. The van der Waals surface area contributed by atoms with Gasteiger partial charge in [-0.1, -0.05) is 32.6 Å². The molecule has 4 heteroatoms. The zero-order valence-electron chi connectivity index (χ0n) is 11.2. The quantitative estimate of drug-likeness (QED) is 0.547. The Bertz CT molecular complexity index is 531. The van der Waals surface area contributed by atoms with Crippen LogP contribution < -0.4 is 4.74 Å². The van der Waals surface area contributed by atoms with Gasteiger partial charge in [0.2, 0.25) is 5.28 Å². The van der Waals surface area contributed by atoms with Crippen LogP contribution in [0.4, 0.5) is 0 Å². The third-order valence-corrected chi connectivity index (χ3v) is 3.22. The summed E-state index contributed by atoms with van der Waals surface area (Å²) in [7, 11) is 0. The Kier molecular flexibility index (Phi) is 5.40. The van der Waals surface area contributed by atoms with Crippen molar-refractivity contribution in [2.75, 3.05) is 6.61 Å². The lowest BCUT2D eigenvalue weighted by Crippen LogP contribution is -1.97. The number of ether oxygens (including phenoxy) is 1. The molecular formula is C15H19ClN2O. The molecule has 1 heterocycles. The van der Waals surface area contributed by atoms with Crippen molar-refractivity contribution in [3.63, 3.8) is 0 Å². The lowest BCUT2D eigenvalue weighted by atomic mass is 10.2. The molecule has 0 bridgehead atoms. The van der Waals surface area contributed by atoms with Crippen molar-refractivity contribution in [3.8, 4) is 5.75 Å². The van der Waals surface area contributed by atoms with E-state index in [1.165, 1.54) is 25.7 Å². The molecule has 0 N–H and O–H groups in total. The minimum absolute atomic E-state index is 0.275. The van der Waals surface area contributed by atoms with Crippen molar-refractivity contribution >= 4 is 22.5 Å². The highest BCUT2D eigenvalue weighted by molar-refractivity contribution is 6.28. The van der Waals surface area contributed by atoms with E-state index in [4.69, 9.17) is 16.3 Å². The first-order chi connectivity index (χ1) is 9.29. The SMILES string of the molecule is CCCCCCCOc1ccc2nc(Cl)ncc2c1. The van der Waals surface area contributed by atoms with Gasteiger partial charge in [-0.2, -0.15) is 0 Å². The predicted octanol–water partition coefficient (Wildman–Crippen LogP) is 4.63. The number of aromatic nitrogens is 2. The largest absolute Gasteiger partial charge is 0.494 e. The molecule has 0 saturated heterocycles. The first-order valence-electron chi connectivity index (χ1n) is 6.84. The number of nitrogens with zero attached hydrogens (tertiary/aromatic N) is 2. The Morgan fingerprint density at radius 1 is 1.16 bits per heavy atom. The normalized spacial score (nSPS) is 10.8. The van der Waals surface area contributed by atoms with Gasteiger partial charge in [0.1, 0.15) is 5.75 Å². The van der Waals surface area contributed by atoms with Gasteiger partial charge < -0.3 is 4.74 Å². The first-order valence-corrected chi connectivity index (χ1v) is 7.22. The summed E-state index contributed by atoms with van der Waals surface area (Å²) >= 11 is 5.75. The number of unbranched alkanes of at least 4 members (excludes halogenated alkanes) is 4. The van der Waals surface area contributed by atoms with Crippen LogP contribution >= 0.6 is 11.6 Å². The molecule has 1 aromatic carbocycles. The lowest BCUT2D eigenvalue weighted by Gasteiger charge is -2.07. The van der Waals surface area contributed by atoms with Gasteiger partial charge in [0.15, 0.2) is 0 Å². The fourth-order valence-electron chi connectivity index (χ4n) is 1.97. The number of hydrogen-bond donors (Lipinski definition) is 0. The summed E-state index contributed by atoms with van der Waals surface area (Å²) < 4.78 is 5.74. The van der Waals surface area contributed by atoms with E-state index >= 15 is 0 Å². The van der Waals surface area contributed by atoms with Crippen LogP contribution in [0.2, 0.25) is 5.28 Å². The average Bonchev–Trinajstić information content (AvgIpc) is 2.43. The summed E-state index contributed by atoms with van der Waals surface area (Å²) in [5.41, 5.74) is 0.843. The van der Waals surface area contributed by atoms with Gasteiger partial charge in [-0.25, -0.2) is 9.97 Å². The summed E-state index contributed by atoms with van der Waals surface area (Å²) in [5, 5.41) is 1.23. The summed E-state index contributed by atoms with van der Waals surface area (Å²) in [5.74, 6) is 0.869. The van der Waals surface area contributed by atoms with Crippen LogP contribution in [0.1, 0.15) is 39.0 Å². The molecule has 0 spiro atoms. The summed E-state index contributed by atoms with van der Waals surface area (Å²) in [4.78, 5) is 8.12. The standard InChI is InChI=1S/C15H19ClN2O/c1-2-3-4-5-6-9-19-13-7-8-14-12(10-13)11-17-15(16)18-14/h7-8,10-11H,2-6,9H2,1H3. The minimum atomic E-state index is 0.275. The van der Waals surface area contributed by atoms with Crippen LogP contribution in [-0.4, -0.2) is 16.6 Å². The topological polar surface area (TPSA) is 35.0 Å². The highest BCUT2D eigenvalue weighted by atomic mass is 35.5. The number of hydrogen-bond acceptors (Lipinski definition) is 3. The lowest BCUT2D eigenvalue weighted by molar-refractivity contribution is 0.305. The van der Waals surface area contributed by atoms with E-state index in [0.717, 1.165) is 29.7 Å². The Morgan fingerprint density at radius 2 is 2.00 bits per heavy atom. The highest BCUT2D eigenvalue weighted by Crippen LogP contribution is 2.20. The average molecular weight is 279 g/mol. The van der Waals surface area contributed by atoms with E-state index in [2.05, 4.69) is 16.9 Å². The van der Waals surface area contributed by atoms with E-state index in [9.17, 15) is 0 Å². The number of fused-ring (bicyclic) bond motifs is 1. The molecule has 2 aromatic rings. The van der Waals surface area contributed by atoms with Crippen LogP contribution in [0.25, 0.3) is 10.9 Å². The molecule has 0 fully saturated rings. The second-order valence-electron chi connectivity index (χ2n) is 4.62.